The van der Waals surface area contributed by atoms with Crippen LogP contribution in [0, 0.1) is 11.3 Å². The zero-order valence-corrected chi connectivity index (χ0v) is 19.6. The molecule has 30 heavy (non-hydrogen) atoms. The third-order valence-corrected chi connectivity index (χ3v) is 12.6. The third kappa shape index (κ3) is 3.32. The first-order valence-electron chi connectivity index (χ1n) is 11.3. The molecule has 0 saturated heterocycles. The van der Waals surface area contributed by atoms with Gasteiger partial charge >= 0.3 is 0 Å². The van der Waals surface area contributed by atoms with E-state index in [1.165, 1.54) is 10.4 Å². The van der Waals surface area contributed by atoms with Crippen LogP contribution in [0.1, 0.15) is 52.9 Å². The molecule has 2 fully saturated rings. The normalized spacial score (nSPS) is 26.6. The van der Waals surface area contributed by atoms with Gasteiger partial charge in [0.25, 0.3) is 8.32 Å². The van der Waals surface area contributed by atoms with E-state index in [9.17, 15) is 4.79 Å². The molecule has 2 aliphatic carbocycles. The number of rotatable bonds is 6. The summed E-state index contributed by atoms with van der Waals surface area (Å²) < 4.78 is 7.34. The van der Waals surface area contributed by atoms with Crippen molar-refractivity contribution in [1.82, 2.24) is 0 Å². The highest BCUT2D eigenvalue weighted by atomic mass is 28.4. The number of allylic oxidation sites excluding steroid dienone is 1. The lowest BCUT2D eigenvalue weighted by molar-refractivity contribution is -0.154. The van der Waals surface area contributed by atoms with Crippen molar-refractivity contribution in [2.45, 2.75) is 64.0 Å². The fourth-order valence-electron chi connectivity index (χ4n) is 5.94. The van der Waals surface area contributed by atoms with Gasteiger partial charge in [0, 0.05) is 17.9 Å². The van der Waals surface area contributed by atoms with E-state index in [0.717, 1.165) is 32.1 Å². The van der Waals surface area contributed by atoms with E-state index in [1.807, 2.05) is 6.08 Å². The second kappa shape index (κ2) is 7.94. The van der Waals surface area contributed by atoms with Crippen LogP contribution in [-0.4, -0.2) is 20.2 Å². The van der Waals surface area contributed by atoms with Crippen LogP contribution in [0.15, 0.2) is 73.3 Å². The number of ketones is 1. The minimum Gasteiger partial charge on any atom is -0.404 e. The zero-order chi connectivity index (χ0) is 21.4. The van der Waals surface area contributed by atoms with Gasteiger partial charge in [0.05, 0.1) is 0 Å². The van der Waals surface area contributed by atoms with E-state index in [4.69, 9.17) is 4.43 Å². The molecule has 2 aromatic rings. The van der Waals surface area contributed by atoms with Crippen LogP contribution in [0.5, 0.6) is 0 Å². The van der Waals surface area contributed by atoms with Gasteiger partial charge in [-0.25, -0.2) is 0 Å². The van der Waals surface area contributed by atoms with Crippen LogP contribution in [0.3, 0.4) is 0 Å². The summed E-state index contributed by atoms with van der Waals surface area (Å²) in [5, 5.41) is 2.58. The second-order valence-electron chi connectivity index (χ2n) is 10.2. The maximum atomic E-state index is 12.7. The summed E-state index contributed by atoms with van der Waals surface area (Å²) in [4.78, 5) is 12.7. The Morgan fingerprint density at radius 1 is 1.03 bits per heavy atom. The van der Waals surface area contributed by atoms with Gasteiger partial charge in [-0.3, -0.25) is 4.79 Å². The number of carbonyl (C=O) groups is 1. The Hall–Kier alpha value is -1.97. The van der Waals surface area contributed by atoms with Crippen molar-refractivity contribution in [3.05, 3.63) is 73.3 Å². The SMILES string of the molecule is C=CC[C@]12CC(O[Si](c3ccccc3)(c3ccccc3)C(C)(C)C)CC[C@H]1CC2=O. The second-order valence-corrected chi connectivity index (χ2v) is 14.4. The monoisotopic (exact) mass is 418 g/mol. The molecule has 0 spiro atoms. The molecular formula is C27H34O2Si. The predicted octanol–water partition coefficient (Wildman–Crippen LogP) is 5.27. The van der Waals surface area contributed by atoms with Gasteiger partial charge in [-0.1, -0.05) is 87.5 Å². The fourth-order valence-corrected chi connectivity index (χ4v) is 10.7. The average Bonchev–Trinajstić information content (AvgIpc) is 2.74. The van der Waals surface area contributed by atoms with Crippen molar-refractivity contribution in [3.63, 3.8) is 0 Å². The summed E-state index contributed by atoms with van der Waals surface area (Å²) in [5.74, 6) is 0.935. The topological polar surface area (TPSA) is 26.3 Å². The van der Waals surface area contributed by atoms with E-state index in [0.29, 0.717) is 11.7 Å². The molecule has 0 bridgehead atoms. The van der Waals surface area contributed by atoms with E-state index in [2.05, 4.69) is 88.0 Å². The molecule has 3 atom stereocenters. The molecule has 2 aliphatic rings. The highest BCUT2D eigenvalue weighted by molar-refractivity contribution is 6.99. The van der Waals surface area contributed by atoms with Crippen molar-refractivity contribution in [2.24, 2.45) is 11.3 Å². The molecule has 0 aromatic heterocycles. The quantitative estimate of drug-likeness (QED) is 0.472. The molecule has 0 amide bonds. The molecule has 2 aromatic carbocycles. The number of hydrogen-bond donors (Lipinski definition) is 0. The molecule has 158 valence electrons. The van der Waals surface area contributed by atoms with Crippen molar-refractivity contribution < 1.29 is 9.22 Å². The van der Waals surface area contributed by atoms with Gasteiger partial charge in [-0.15, -0.1) is 6.58 Å². The fraction of sp³-hybridized carbons (Fsp3) is 0.444. The molecule has 0 heterocycles. The van der Waals surface area contributed by atoms with E-state index < -0.39 is 8.32 Å². The summed E-state index contributed by atoms with van der Waals surface area (Å²) in [5.41, 5.74) is -0.226. The Bertz CT molecular complexity index is 860. The first-order valence-corrected chi connectivity index (χ1v) is 13.2. The molecule has 3 heteroatoms. The predicted molar refractivity (Wildman–Crippen MR) is 127 cm³/mol. The lowest BCUT2D eigenvalue weighted by Crippen LogP contribution is -2.68. The van der Waals surface area contributed by atoms with Gasteiger partial charge < -0.3 is 4.43 Å². The van der Waals surface area contributed by atoms with Crippen LogP contribution in [0.2, 0.25) is 5.04 Å². The number of Topliss-reactive ketones (excluding diaryl/α,β-unsaturated/α-hetero) is 1. The van der Waals surface area contributed by atoms with E-state index in [1.54, 1.807) is 0 Å². The minimum absolute atomic E-state index is 0.0399. The minimum atomic E-state index is -2.58. The average molecular weight is 419 g/mol. The summed E-state index contributed by atoms with van der Waals surface area (Å²) in [7, 11) is -2.58. The van der Waals surface area contributed by atoms with Crippen LogP contribution in [-0.2, 0) is 9.22 Å². The summed E-state index contributed by atoms with van der Waals surface area (Å²) in [6, 6.07) is 21.6. The lowest BCUT2D eigenvalue weighted by atomic mass is 9.51. The van der Waals surface area contributed by atoms with Gasteiger partial charge in [-0.05, 0) is 47.0 Å². The summed E-state index contributed by atoms with van der Waals surface area (Å²) >= 11 is 0. The standard InChI is InChI=1S/C27H34O2Si/c1-5-18-27-20-22(17-16-21(27)19-25(27)28)29-30(26(2,3)4,23-12-8-6-9-13-23)24-14-10-7-11-15-24/h5-15,21-22H,1,16-20H2,2-4H3/t21-,22?,27-/m0/s1. The maximum absolute atomic E-state index is 12.7. The highest BCUT2D eigenvalue weighted by Gasteiger charge is 2.58. The molecule has 0 N–H and O–H groups in total. The van der Waals surface area contributed by atoms with Crippen molar-refractivity contribution in [3.8, 4) is 0 Å². The zero-order valence-electron chi connectivity index (χ0n) is 18.6. The van der Waals surface area contributed by atoms with Crippen LogP contribution >= 0.6 is 0 Å². The number of benzene rings is 2. The van der Waals surface area contributed by atoms with Gasteiger partial charge in [-0.2, -0.15) is 0 Å². The smallest absolute Gasteiger partial charge is 0.261 e. The molecule has 1 unspecified atom stereocenters. The summed E-state index contributed by atoms with van der Waals surface area (Å²) in [6.45, 7) is 10.9. The molecular weight excluding hydrogens is 384 g/mol. The number of fused-ring (bicyclic) bond motifs is 1. The third-order valence-electron chi connectivity index (χ3n) is 7.47. The number of carbonyl (C=O) groups excluding carboxylic acids is 1. The van der Waals surface area contributed by atoms with Crippen LogP contribution in [0.25, 0.3) is 0 Å². The maximum Gasteiger partial charge on any atom is 0.261 e. The highest BCUT2D eigenvalue weighted by Crippen LogP contribution is 2.56. The Kier molecular flexibility index (Phi) is 5.63. The first kappa shape index (κ1) is 21.3. The Balaban J connectivity index is 1.78. The Morgan fingerprint density at radius 2 is 1.60 bits per heavy atom. The van der Waals surface area contributed by atoms with E-state index in [-0.39, 0.29) is 16.6 Å². The van der Waals surface area contributed by atoms with Gasteiger partial charge in [0.2, 0.25) is 0 Å². The van der Waals surface area contributed by atoms with Crippen LogP contribution in [0.4, 0.5) is 0 Å². The molecule has 0 aliphatic heterocycles. The first-order chi connectivity index (χ1) is 14.3. The Labute approximate surface area is 182 Å². The molecule has 4 rings (SSSR count). The molecule has 0 radical (unpaired) electrons. The van der Waals surface area contributed by atoms with Gasteiger partial charge in [0.15, 0.2) is 0 Å². The van der Waals surface area contributed by atoms with Crippen molar-refractivity contribution in [1.29, 1.82) is 0 Å². The lowest BCUT2D eigenvalue weighted by Gasteiger charge is -2.55. The largest absolute Gasteiger partial charge is 0.404 e. The van der Waals surface area contributed by atoms with Crippen molar-refractivity contribution in [2.75, 3.05) is 0 Å². The van der Waals surface area contributed by atoms with E-state index >= 15 is 0 Å². The molecule has 2 nitrogen and oxygen atoms in total. The van der Waals surface area contributed by atoms with Crippen LogP contribution < -0.4 is 10.4 Å². The summed E-state index contributed by atoms with van der Waals surface area (Å²) in [6.07, 6.45) is 6.56. The molecule has 2 saturated carbocycles. The number of hydrogen-bond acceptors (Lipinski definition) is 2. The van der Waals surface area contributed by atoms with Gasteiger partial charge in [0.1, 0.15) is 5.78 Å². The Morgan fingerprint density at radius 3 is 2.07 bits per heavy atom. The van der Waals surface area contributed by atoms with Crippen molar-refractivity contribution >= 4 is 24.5 Å².